The summed E-state index contributed by atoms with van der Waals surface area (Å²) in [6.45, 7) is 0. The fourth-order valence-corrected chi connectivity index (χ4v) is 3.10. The zero-order valence-electron chi connectivity index (χ0n) is 18.4. The molecule has 0 saturated carbocycles. The normalized spacial score (nSPS) is 11.3. The minimum atomic E-state index is -5.49. The molecule has 2 aromatic heterocycles. The second kappa shape index (κ2) is 9.62. The van der Waals surface area contributed by atoms with E-state index in [-0.39, 0.29) is 0 Å². The van der Waals surface area contributed by atoms with E-state index < -0.39 is 105 Å². The van der Waals surface area contributed by atoms with Crippen molar-refractivity contribution in [3.63, 3.8) is 0 Å². The number of hydrogen-bond acceptors (Lipinski definition) is 22. The van der Waals surface area contributed by atoms with Gasteiger partial charge in [0.15, 0.2) is 0 Å². The number of aromatic nitrogens is 4. The predicted octanol–water partition coefficient (Wildman–Crippen LogP) is -1.82. The summed E-state index contributed by atoms with van der Waals surface area (Å²) in [6, 6.07) is 0. The molecule has 34 nitrogen and oxygen atoms in total. The Kier molecular flexibility index (Phi) is 7.02. The van der Waals surface area contributed by atoms with Crippen LogP contribution in [0.2, 0.25) is 0 Å². The number of nitrogens with zero attached hydrogens (tertiary/aromatic N) is 14. The minimum Gasteiger partial charge on any atom is -0.358 e. The first-order valence-electron chi connectivity index (χ1n) is 8.88. The Morgan fingerprint density at radius 2 is 0.619 bits per heavy atom. The Morgan fingerprint density at radius 1 is 0.405 bits per heavy atom. The maximum absolute atomic E-state index is 11.8. The average molecular weight is 612 g/mol. The molecule has 0 aliphatic rings. The van der Waals surface area contributed by atoms with Gasteiger partial charge in [-0.05, 0) is 9.85 Å². The minimum absolute atomic E-state index is 1.61. The molecule has 2 aromatic rings. The van der Waals surface area contributed by atoms with Gasteiger partial charge in [0.25, 0.3) is 0 Å². The Balaban J connectivity index is 3.71. The van der Waals surface area contributed by atoms with Gasteiger partial charge < -0.3 is 20.2 Å². The van der Waals surface area contributed by atoms with Gasteiger partial charge >= 0.3 is 34.8 Å². The highest BCUT2D eigenvalue weighted by Crippen LogP contribution is 2.48. The SMILES string of the molecule is O=[N+]([O-])c1nn(C([N+](=O)[O-])([N+](=O)[O-])[N+](=O)[O-])c(-c2c([N+](=O)[O-])c([N+](=O)[O-])nn2C([N+](=O)[O-])([N+](=O)[O-])[N+](=O)[O-])c1[N+](=O)[O-]. The van der Waals surface area contributed by atoms with Crippen molar-refractivity contribution in [1.29, 1.82) is 0 Å². The first kappa shape index (κ1) is 30.6. The predicted molar refractivity (Wildman–Crippen MR) is 108 cm³/mol. The lowest BCUT2D eigenvalue weighted by atomic mass is 10.2. The first-order valence-corrected chi connectivity index (χ1v) is 8.88. The van der Waals surface area contributed by atoms with E-state index >= 15 is 0 Å². The summed E-state index contributed by atoms with van der Waals surface area (Å²) >= 11 is 0. The summed E-state index contributed by atoms with van der Waals surface area (Å²) < 4.78 is -3.23. The average Bonchev–Trinajstić information content (AvgIpc) is 3.38. The van der Waals surface area contributed by atoms with Crippen molar-refractivity contribution < 1.29 is 49.2 Å². The van der Waals surface area contributed by atoms with E-state index in [2.05, 4.69) is 10.2 Å². The van der Waals surface area contributed by atoms with Gasteiger partial charge in [-0.3, -0.25) is 80.9 Å². The molecule has 0 saturated heterocycles. The van der Waals surface area contributed by atoms with Gasteiger partial charge in [-0.15, -0.1) is 0 Å². The van der Waals surface area contributed by atoms with Crippen LogP contribution in [0, 0.1) is 101 Å². The summed E-state index contributed by atoms with van der Waals surface area (Å²) in [5.74, 6) is -16.1. The molecule has 0 atom stereocenters. The van der Waals surface area contributed by atoms with Gasteiger partial charge in [-0.1, -0.05) is 0 Å². The fraction of sp³-hybridized carbons (Fsp3) is 0.250. The highest BCUT2D eigenvalue weighted by molar-refractivity contribution is 5.82. The van der Waals surface area contributed by atoms with E-state index in [1.54, 1.807) is 0 Å². The van der Waals surface area contributed by atoms with Gasteiger partial charge in [0, 0.05) is 9.36 Å². The monoisotopic (exact) mass is 612 g/mol. The summed E-state index contributed by atoms with van der Waals surface area (Å²) in [4.78, 5) is 91.9. The van der Waals surface area contributed by atoms with Crippen LogP contribution in [-0.4, -0.2) is 68.8 Å². The molecule has 0 radical (unpaired) electrons. The van der Waals surface area contributed by atoms with Crippen molar-refractivity contribution in [1.82, 2.24) is 19.6 Å². The molecule has 0 aliphatic heterocycles. The van der Waals surface area contributed by atoms with Crippen molar-refractivity contribution in [2.24, 2.45) is 0 Å². The topological polar surface area (TPSA) is 467 Å². The third-order valence-electron chi connectivity index (χ3n) is 4.66. The second-order valence-corrected chi connectivity index (χ2v) is 6.64. The quantitative estimate of drug-likeness (QED) is 0.136. The number of rotatable bonds is 13. The molecule has 2 heterocycles. The van der Waals surface area contributed by atoms with Crippen molar-refractivity contribution in [3.05, 3.63) is 101 Å². The summed E-state index contributed by atoms with van der Waals surface area (Å²) in [6.07, 6.45) is 0. The van der Waals surface area contributed by atoms with E-state index in [1.807, 2.05) is 0 Å². The largest absolute Gasteiger partial charge is 0.838 e. The van der Waals surface area contributed by atoms with Crippen LogP contribution in [0.4, 0.5) is 23.0 Å². The van der Waals surface area contributed by atoms with E-state index in [0.717, 1.165) is 0 Å². The van der Waals surface area contributed by atoms with Gasteiger partial charge in [0.1, 0.15) is 0 Å². The van der Waals surface area contributed by atoms with Crippen LogP contribution in [0.25, 0.3) is 11.4 Å². The van der Waals surface area contributed by atoms with Gasteiger partial charge in [-0.25, -0.2) is 0 Å². The maximum atomic E-state index is 11.8. The van der Waals surface area contributed by atoms with Crippen LogP contribution in [0.5, 0.6) is 0 Å². The van der Waals surface area contributed by atoms with Crippen LogP contribution in [0.15, 0.2) is 0 Å². The smallest absolute Gasteiger partial charge is 0.358 e. The molecule has 0 fully saturated rings. The van der Waals surface area contributed by atoms with Crippen molar-refractivity contribution in [2.75, 3.05) is 0 Å². The molecule has 42 heavy (non-hydrogen) atoms. The Labute approximate surface area is 217 Å². The lowest BCUT2D eigenvalue weighted by molar-refractivity contribution is -1.01. The molecular formula is C8N14O20. The van der Waals surface area contributed by atoms with Crippen molar-refractivity contribution in [3.8, 4) is 11.4 Å². The third kappa shape index (κ3) is 3.75. The molecule has 34 heteroatoms. The highest BCUT2D eigenvalue weighted by atomic mass is 16.8. The molecule has 0 bridgehead atoms. The first-order chi connectivity index (χ1) is 19.2. The van der Waals surface area contributed by atoms with Gasteiger partial charge in [0.2, 0.25) is 40.9 Å². The van der Waals surface area contributed by atoms with Gasteiger partial charge in [0.05, 0.1) is 20.0 Å². The molecule has 2 rings (SSSR count). The number of hydrogen-bond donors (Lipinski definition) is 0. The van der Waals surface area contributed by atoms with Gasteiger partial charge in [-0.2, -0.15) is 0 Å². The summed E-state index contributed by atoms with van der Waals surface area (Å²) in [7, 11) is 0. The molecule has 0 unspecified atom stereocenters. The van der Waals surface area contributed by atoms with Crippen LogP contribution in [-0.2, 0) is 11.8 Å². The molecule has 222 valence electrons. The lowest BCUT2D eigenvalue weighted by Gasteiger charge is -2.09. The fourth-order valence-electron chi connectivity index (χ4n) is 3.10. The van der Waals surface area contributed by atoms with Crippen LogP contribution >= 0.6 is 0 Å². The standard InChI is InChI=1S/C8N14O20/c23-13(24)3-1(11(9-5(3)15(27)28)7(17(31)32,18(33)34)19(35)36)2-4(14(25)26)6(16(29)30)10-12(2)8(20(37)38,21(39)40)22(41)42. The zero-order chi connectivity index (χ0) is 32.8. The van der Waals surface area contributed by atoms with Crippen LogP contribution < -0.4 is 0 Å². The second-order valence-electron chi connectivity index (χ2n) is 6.64. The van der Waals surface area contributed by atoms with Crippen molar-refractivity contribution in [2.45, 2.75) is 11.8 Å². The van der Waals surface area contributed by atoms with E-state index in [4.69, 9.17) is 0 Å². The maximum Gasteiger partial charge on any atom is 0.838 e. The zero-order valence-corrected chi connectivity index (χ0v) is 18.4. The summed E-state index contributed by atoms with van der Waals surface area (Å²) in [5, 5.41) is 121. The molecule has 0 spiro atoms. The Bertz CT molecular complexity index is 1480. The van der Waals surface area contributed by atoms with E-state index in [0.29, 0.717) is 0 Å². The van der Waals surface area contributed by atoms with Crippen LogP contribution in [0.1, 0.15) is 0 Å². The highest BCUT2D eigenvalue weighted by Gasteiger charge is 2.83. The Morgan fingerprint density at radius 3 is 0.762 bits per heavy atom. The number of nitro groups is 10. The van der Waals surface area contributed by atoms with E-state index in [9.17, 15) is 101 Å². The Hall–Kier alpha value is -7.58. The van der Waals surface area contributed by atoms with E-state index in [1.165, 1.54) is 0 Å². The molecule has 0 aliphatic carbocycles. The summed E-state index contributed by atoms with van der Waals surface area (Å²) in [5.41, 5.74) is -10.9. The van der Waals surface area contributed by atoms with Crippen molar-refractivity contribution >= 4 is 23.0 Å². The molecular weight excluding hydrogens is 612 g/mol. The lowest BCUT2D eigenvalue weighted by Crippen LogP contribution is -2.57. The van der Waals surface area contributed by atoms with Crippen LogP contribution in [0.3, 0.4) is 0 Å². The molecule has 0 amide bonds. The third-order valence-corrected chi connectivity index (χ3v) is 4.66. The molecule has 0 aromatic carbocycles. The molecule has 0 N–H and O–H groups in total.